The van der Waals surface area contributed by atoms with Gasteiger partial charge in [0.2, 0.25) is 0 Å². The molecule has 0 heteroatoms. The quantitative estimate of drug-likeness (QED) is 0.444. The van der Waals surface area contributed by atoms with Gasteiger partial charge in [0, 0.05) is 22.3 Å². The summed E-state index contributed by atoms with van der Waals surface area (Å²) >= 11 is 0. The normalized spacial score (nSPS) is 10.1. The Kier molecular flexibility index (Phi) is 6.94. The Hall–Kier alpha value is -3.22. The zero-order valence-electron chi connectivity index (χ0n) is 17.8. The Labute approximate surface area is 176 Å². The molecule has 0 saturated carbocycles. The molecule has 3 aromatic rings. The Morgan fingerprint density at radius 1 is 0.621 bits per heavy atom. The van der Waals surface area contributed by atoms with Crippen molar-refractivity contribution in [3.63, 3.8) is 0 Å². The minimum absolute atomic E-state index is 0.544. The number of hydrogen-bond acceptors (Lipinski definition) is 0. The minimum Gasteiger partial charge on any atom is -0.0617 e. The van der Waals surface area contributed by atoms with Gasteiger partial charge < -0.3 is 0 Å². The molecule has 3 aromatic carbocycles. The molecule has 0 atom stereocenters. The summed E-state index contributed by atoms with van der Waals surface area (Å²) in [5.41, 5.74) is 8.14. The van der Waals surface area contributed by atoms with Crippen molar-refractivity contribution in [2.45, 2.75) is 46.5 Å². The number of rotatable bonds is 3. The van der Waals surface area contributed by atoms with Crippen molar-refractivity contribution in [3.05, 3.63) is 106 Å². The van der Waals surface area contributed by atoms with E-state index in [1.807, 2.05) is 0 Å². The fourth-order valence-corrected chi connectivity index (χ4v) is 3.14. The van der Waals surface area contributed by atoms with Crippen LogP contribution in [0.1, 0.15) is 72.6 Å². The van der Waals surface area contributed by atoms with Crippen molar-refractivity contribution in [1.82, 2.24) is 0 Å². The molecule has 0 heterocycles. The van der Waals surface area contributed by atoms with Crippen LogP contribution in [0.15, 0.2) is 66.7 Å². The van der Waals surface area contributed by atoms with Gasteiger partial charge in [-0.25, -0.2) is 0 Å². The number of benzene rings is 3. The van der Waals surface area contributed by atoms with Gasteiger partial charge >= 0.3 is 0 Å². The smallest absolute Gasteiger partial charge is 0.0281 e. The molecule has 0 nitrogen and oxygen atoms in total. The summed E-state index contributed by atoms with van der Waals surface area (Å²) in [6.45, 7) is 8.74. The van der Waals surface area contributed by atoms with E-state index in [0.29, 0.717) is 5.92 Å². The van der Waals surface area contributed by atoms with Crippen molar-refractivity contribution in [3.8, 4) is 23.7 Å². The lowest BCUT2D eigenvalue weighted by Gasteiger charge is -2.04. The minimum atomic E-state index is 0.544. The highest BCUT2D eigenvalue weighted by molar-refractivity contribution is 5.52. The lowest BCUT2D eigenvalue weighted by molar-refractivity contribution is 0.866. The van der Waals surface area contributed by atoms with E-state index in [0.717, 1.165) is 35.1 Å². The van der Waals surface area contributed by atoms with Crippen LogP contribution in [0.2, 0.25) is 0 Å². The van der Waals surface area contributed by atoms with E-state index in [2.05, 4.69) is 118 Å². The molecule has 0 aliphatic carbocycles. The van der Waals surface area contributed by atoms with Crippen LogP contribution in [-0.2, 0) is 12.8 Å². The maximum atomic E-state index is 3.34. The van der Waals surface area contributed by atoms with Gasteiger partial charge in [0.1, 0.15) is 0 Å². The first kappa shape index (κ1) is 20.5. The van der Waals surface area contributed by atoms with Crippen LogP contribution in [0, 0.1) is 23.7 Å². The first-order valence-corrected chi connectivity index (χ1v) is 10.4. The van der Waals surface area contributed by atoms with Crippen LogP contribution in [0.3, 0.4) is 0 Å². The van der Waals surface area contributed by atoms with Gasteiger partial charge in [-0.1, -0.05) is 75.6 Å². The van der Waals surface area contributed by atoms with E-state index in [4.69, 9.17) is 0 Å². The van der Waals surface area contributed by atoms with E-state index >= 15 is 0 Å². The summed E-state index contributed by atoms with van der Waals surface area (Å²) < 4.78 is 0. The van der Waals surface area contributed by atoms with Crippen LogP contribution in [0.4, 0.5) is 0 Å². The summed E-state index contributed by atoms with van der Waals surface area (Å²) in [5, 5.41) is 0. The molecular weight excluding hydrogens is 348 g/mol. The van der Waals surface area contributed by atoms with Crippen molar-refractivity contribution >= 4 is 0 Å². The van der Waals surface area contributed by atoms with Gasteiger partial charge in [0.05, 0.1) is 0 Å². The average Bonchev–Trinajstić information content (AvgIpc) is 2.77. The zero-order chi connectivity index (χ0) is 20.6. The monoisotopic (exact) mass is 376 g/mol. The molecule has 0 aliphatic rings. The van der Waals surface area contributed by atoms with Crippen molar-refractivity contribution < 1.29 is 0 Å². The molecule has 144 valence electrons. The summed E-state index contributed by atoms with van der Waals surface area (Å²) in [7, 11) is 0. The van der Waals surface area contributed by atoms with Crippen LogP contribution < -0.4 is 0 Å². The Balaban J connectivity index is 1.79. The van der Waals surface area contributed by atoms with E-state index in [1.54, 1.807) is 0 Å². The molecule has 0 unspecified atom stereocenters. The van der Waals surface area contributed by atoms with Crippen molar-refractivity contribution in [2.24, 2.45) is 0 Å². The molecule has 0 N–H and O–H groups in total. The molecule has 0 spiro atoms. The zero-order valence-corrected chi connectivity index (χ0v) is 17.8. The summed E-state index contributed by atoms with van der Waals surface area (Å²) in [6.07, 6.45) is 2.00. The predicted octanol–water partition coefficient (Wildman–Crippen LogP) is 6.73. The van der Waals surface area contributed by atoms with Gasteiger partial charge in [0.25, 0.3) is 0 Å². The fourth-order valence-electron chi connectivity index (χ4n) is 3.14. The van der Waals surface area contributed by atoms with Gasteiger partial charge in [-0.2, -0.15) is 0 Å². The third-order valence-corrected chi connectivity index (χ3v) is 5.12. The van der Waals surface area contributed by atoms with Crippen LogP contribution in [-0.4, -0.2) is 0 Å². The lowest BCUT2D eigenvalue weighted by Crippen LogP contribution is -1.90. The van der Waals surface area contributed by atoms with E-state index in [1.165, 1.54) is 16.7 Å². The molecule has 0 fully saturated rings. The summed E-state index contributed by atoms with van der Waals surface area (Å²) in [5.74, 6) is 13.8. The Morgan fingerprint density at radius 2 is 1.17 bits per heavy atom. The highest BCUT2D eigenvalue weighted by Crippen LogP contribution is 2.15. The van der Waals surface area contributed by atoms with E-state index < -0.39 is 0 Å². The topological polar surface area (TPSA) is 0 Å². The molecule has 0 saturated heterocycles. The molecule has 0 radical (unpaired) electrons. The molecule has 0 amide bonds. The molecular formula is C29H28. The molecule has 0 aromatic heterocycles. The fraction of sp³-hybridized carbons (Fsp3) is 0.241. The van der Waals surface area contributed by atoms with Crippen molar-refractivity contribution in [2.75, 3.05) is 0 Å². The standard InChI is InChI=1S/C29H28/c1-5-23-7-9-24(10-8-23)15-19-29-20-16-26(21-27(29)6-2)12-11-25-13-17-28(18-14-25)22(3)4/h7-10,13-14,16-18,20-22H,5-6H2,1-4H3. The largest absolute Gasteiger partial charge is 0.0617 e. The maximum absolute atomic E-state index is 3.34. The second-order valence-corrected chi connectivity index (χ2v) is 7.55. The van der Waals surface area contributed by atoms with Crippen LogP contribution >= 0.6 is 0 Å². The summed E-state index contributed by atoms with van der Waals surface area (Å²) in [6, 6.07) is 23.4. The number of aryl methyl sites for hydroxylation is 2. The highest BCUT2D eigenvalue weighted by Gasteiger charge is 2.00. The maximum Gasteiger partial charge on any atom is 0.0281 e. The van der Waals surface area contributed by atoms with Gasteiger partial charge in [0.15, 0.2) is 0 Å². The van der Waals surface area contributed by atoms with Gasteiger partial charge in [-0.05, 0) is 77.9 Å². The van der Waals surface area contributed by atoms with Crippen molar-refractivity contribution in [1.29, 1.82) is 0 Å². The number of hydrogen-bond donors (Lipinski definition) is 0. The molecule has 0 bridgehead atoms. The second-order valence-electron chi connectivity index (χ2n) is 7.55. The Bertz CT molecular complexity index is 1070. The van der Waals surface area contributed by atoms with Gasteiger partial charge in [-0.3, -0.25) is 0 Å². The molecule has 0 aliphatic heterocycles. The van der Waals surface area contributed by atoms with Crippen LogP contribution in [0.5, 0.6) is 0 Å². The first-order chi connectivity index (χ1) is 14.1. The highest BCUT2D eigenvalue weighted by atomic mass is 14.0. The van der Waals surface area contributed by atoms with E-state index in [-0.39, 0.29) is 0 Å². The first-order valence-electron chi connectivity index (χ1n) is 10.4. The lowest BCUT2D eigenvalue weighted by atomic mass is 10.0. The third-order valence-electron chi connectivity index (χ3n) is 5.12. The second kappa shape index (κ2) is 9.82. The van der Waals surface area contributed by atoms with Crippen LogP contribution in [0.25, 0.3) is 0 Å². The predicted molar refractivity (Wildman–Crippen MR) is 124 cm³/mol. The van der Waals surface area contributed by atoms with E-state index in [9.17, 15) is 0 Å². The molecule has 29 heavy (non-hydrogen) atoms. The summed E-state index contributed by atoms with van der Waals surface area (Å²) in [4.78, 5) is 0. The third kappa shape index (κ3) is 5.63. The average molecular weight is 377 g/mol. The molecule has 3 rings (SSSR count). The Morgan fingerprint density at radius 3 is 1.76 bits per heavy atom. The van der Waals surface area contributed by atoms with Gasteiger partial charge in [-0.15, -0.1) is 0 Å². The SMILES string of the molecule is CCc1ccc(C#Cc2ccc(C#Cc3ccc(C(C)C)cc3)cc2CC)cc1.